The number of thiocarbonyl (C=S) groups is 1. The van der Waals surface area contributed by atoms with Crippen molar-refractivity contribution >= 4 is 23.1 Å². The van der Waals surface area contributed by atoms with Crippen molar-refractivity contribution in [2.24, 2.45) is 11.1 Å². The zero-order valence-electron chi connectivity index (χ0n) is 11.8. The normalized spacial score (nSPS) is 17.0. The number of para-hydroxylation sites is 1. The Morgan fingerprint density at radius 3 is 2.62 bits per heavy atom. The van der Waals surface area contributed by atoms with Gasteiger partial charge in [-0.3, -0.25) is 4.79 Å². The van der Waals surface area contributed by atoms with Crippen LogP contribution in [0.1, 0.15) is 12.8 Å². The summed E-state index contributed by atoms with van der Waals surface area (Å²) < 4.78 is 10.8. The van der Waals surface area contributed by atoms with Gasteiger partial charge in [0.15, 0.2) is 0 Å². The number of nitrogens with two attached hydrogens (primary N) is 1. The lowest BCUT2D eigenvalue weighted by molar-refractivity contribution is -0.131. The standard InChI is InChI=1S/C15H20N2O3S/c16-13(21)15(6-9-19-10-7-15)14(18)17-8-11-20-12-4-2-1-3-5-12/h1-5H,6-11H2,(H2,16,21)(H,17,18). The molecule has 0 bridgehead atoms. The largest absolute Gasteiger partial charge is 0.492 e. The smallest absolute Gasteiger partial charge is 0.233 e. The molecule has 2 rings (SSSR count). The van der Waals surface area contributed by atoms with Crippen molar-refractivity contribution in [3.63, 3.8) is 0 Å². The molecule has 3 N–H and O–H groups in total. The van der Waals surface area contributed by atoms with E-state index in [1.54, 1.807) is 0 Å². The first-order valence-corrected chi connectivity index (χ1v) is 7.40. The third-order valence-electron chi connectivity index (χ3n) is 3.65. The molecule has 1 heterocycles. The lowest BCUT2D eigenvalue weighted by Gasteiger charge is -2.34. The van der Waals surface area contributed by atoms with E-state index in [1.165, 1.54) is 0 Å². The van der Waals surface area contributed by atoms with Crippen LogP contribution in [0, 0.1) is 5.41 Å². The number of ether oxygens (including phenoxy) is 2. The second kappa shape index (κ2) is 7.38. The monoisotopic (exact) mass is 308 g/mol. The maximum atomic E-state index is 12.4. The number of hydrogen-bond acceptors (Lipinski definition) is 4. The first kappa shape index (κ1) is 15.7. The van der Waals surface area contributed by atoms with E-state index in [9.17, 15) is 4.79 Å². The Morgan fingerprint density at radius 2 is 2.00 bits per heavy atom. The lowest BCUT2D eigenvalue weighted by Crippen LogP contribution is -2.52. The van der Waals surface area contributed by atoms with Crippen LogP contribution >= 0.6 is 12.2 Å². The first-order chi connectivity index (χ1) is 10.1. The van der Waals surface area contributed by atoms with Crippen molar-refractivity contribution in [3.8, 4) is 5.75 Å². The van der Waals surface area contributed by atoms with Crippen molar-refractivity contribution in [1.82, 2.24) is 5.32 Å². The first-order valence-electron chi connectivity index (χ1n) is 6.99. The van der Waals surface area contributed by atoms with Crippen molar-refractivity contribution in [3.05, 3.63) is 30.3 Å². The molecule has 1 fully saturated rings. The van der Waals surface area contributed by atoms with Gasteiger partial charge in [-0.2, -0.15) is 0 Å². The van der Waals surface area contributed by atoms with E-state index in [1.807, 2.05) is 30.3 Å². The third kappa shape index (κ3) is 3.92. The molecule has 1 aliphatic heterocycles. The summed E-state index contributed by atoms with van der Waals surface area (Å²) in [5.74, 6) is 0.650. The van der Waals surface area contributed by atoms with Crippen LogP contribution in [0.3, 0.4) is 0 Å². The quantitative estimate of drug-likeness (QED) is 0.611. The molecule has 0 aliphatic carbocycles. The van der Waals surface area contributed by atoms with Crippen LogP contribution in [-0.2, 0) is 9.53 Å². The molecule has 0 aromatic heterocycles. The van der Waals surface area contributed by atoms with Gasteiger partial charge in [0.05, 0.1) is 11.5 Å². The average molecular weight is 308 g/mol. The topological polar surface area (TPSA) is 73.6 Å². The highest BCUT2D eigenvalue weighted by Gasteiger charge is 2.42. The Morgan fingerprint density at radius 1 is 1.33 bits per heavy atom. The van der Waals surface area contributed by atoms with E-state index in [0.717, 1.165) is 5.75 Å². The fourth-order valence-corrected chi connectivity index (χ4v) is 2.62. The summed E-state index contributed by atoms with van der Waals surface area (Å²) >= 11 is 5.09. The minimum Gasteiger partial charge on any atom is -0.492 e. The molecule has 1 saturated heterocycles. The van der Waals surface area contributed by atoms with Gasteiger partial charge in [-0.05, 0) is 25.0 Å². The van der Waals surface area contributed by atoms with Gasteiger partial charge in [0.2, 0.25) is 5.91 Å². The second-order valence-electron chi connectivity index (χ2n) is 4.98. The number of carbonyl (C=O) groups excluding carboxylic acids is 1. The van der Waals surface area contributed by atoms with Gasteiger partial charge in [-0.1, -0.05) is 30.4 Å². The van der Waals surface area contributed by atoms with Crippen molar-refractivity contribution in [2.75, 3.05) is 26.4 Å². The summed E-state index contributed by atoms with van der Waals surface area (Å²) in [5, 5.41) is 2.86. The van der Waals surface area contributed by atoms with Gasteiger partial charge in [-0.15, -0.1) is 0 Å². The highest BCUT2D eigenvalue weighted by molar-refractivity contribution is 7.80. The molecule has 1 aromatic carbocycles. The fraction of sp³-hybridized carbons (Fsp3) is 0.467. The molecule has 1 aromatic rings. The van der Waals surface area contributed by atoms with E-state index in [-0.39, 0.29) is 10.9 Å². The molecule has 1 amide bonds. The van der Waals surface area contributed by atoms with E-state index in [2.05, 4.69) is 5.32 Å². The van der Waals surface area contributed by atoms with Gasteiger partial charge in [0.1, 0.15) is 17.8 Å². The van der Waals surface area contributed by atoms with Gasteiger partial charge in [0, 0.05) is 13.2 Å². The predicted octanol–water partition coefficient (Wildman–Crippen LogP) is 1.26. The Kier molecular flexibility index (Phi) is 5.52. The van der Waals surface area contributed by atoms with Crippen LogP contribution in [0.25, 0.3) is 0 Å². The maximum Gasteiger partial charge on any atom is 0.233 e. The van der Waals surface area contributed by atoms with Crippen LogP contribution in [0.15, 0.2) is 30.3 Å². The fourth-order valence-electron chi connectivity index (χ4n) is 2.32. The zero-order chi connectivity index (χ0) is 15.1. The molecule has 1 aliphatic rings. The summed E-state index contributed by atoms with van der Waals surface area (Å²) in [4.78, 5) is 12.6. The number of rotatable bonds is 6. The van der Waals surface area contributed by atoms with E-state index >= 15 is 0 Å². The molecule has 0 radical (unpaired) electrons. The Balaban J connectivity index is 1.81. The Labute approximate surface area is 129 Å². The van der Waals surface area contributed by atoms with Crippen molar-refractivity contribution in [1.29, 1.82) is 0 Å². The highest BCUT2D eigenvalue weighted by Crippen LogP contribution is 2.31. The third-order valence-corrected chi connectivity index (χ3v) is 4.04. The average Bonchev–Trinajstić information content (AvgIpc) is 2.53. The Hall–Kier alpha value is -1.66. The van der Waals surface area contributed by atoms with Gasteiger partial charge < -0.3 is 20.5 Å². The van der Waals surface area contributed by atoms with Crippen molar-refractivity contribution in [2.45, 2.75) is 12.8 Å². The second-order valence-corrected chi connectivity index (χ2v) is 5.42. The van der Waals surface area contributed by atoms with Crippen LogP contribution in [0.4, 0.5) is 0 Å². The van der Waals surface area contributed by atoms with Gasteiger partial charge in [0.25, 0.3) is 0 Å². The van der Waals surface area contributed by atoms with Crippen LogP contribution in [-0.4, -0.2) is 37.3 Å². The molecular weight excluding hydrogens is 288 g/mol. The van der Waals surface area contributed by atoms with Crippen LogP contribution in [0.5, 0.6) is 5.75 Å². The summed E-state index contributed by atoms with van der Waals surface area (Å²) in [6, 6.07) is 9.47. The lowest BCUT2D eigenvalue weighted by atomic mass is 9.79. The predicted molar refractivity (Wildman–Crippen MR) is 84.2 cm³/mol. The highest BCUT2D eigenvalue weighted by atomic mass is 32.1. The number of amides is 1. The molecule has 6 heteroatoms. The Bertz CT molecular complexity index is 487. The molecule has 114 valence electrons. The molecule has 0 saturated carbocycles. The molecule has 0 unspecified atom stereocenters. The molecule has 21 heavy (non-hydrogen) atoms. The zero-order valence-corrected chi connectivity index (χ0v) is 12.7. The summed E-state index contributed by atoms with van der Waals surface area (Å²) in [6.45, 7) is 1.83. The molecule has 0 spiro atoms. The van der Waals surface area contributed by atoms with Gasteiger partial charge in [-0.25, -0.2) is 0 Å². The number of nitrogens with one attached hydrogen (secondary N) is 1. The minimum absolute atomic E-state index is 0.130. The molecular formula is C15H20N2O3S. The maximum absolute atomic E-state index is 12.4. The minimum atomic E-state index is -0.777. The van der Waals surface area contributed by atoms with Crippen molar-refractivity contribution < 1.29 is 14.3 Å². The summed E-state index contributed by atoms with van der Waals surface area (Å²) in [6.07, 6.45) is 1.07. The SMILES string of the molecule is NC(=S)C1(C(=O)NCCOc2ccccc2)CCOCC1. The van der Waals surface area contributed by atoms with Crippen LogP contribution < -0.4 is 15.8 Å². The van der Waals surface area contributed by atoms with E-state index in [0.29, 0.717) is 39.2 Å². The summed E-state index contributed by atoms with van der Waals surface area (Å²) in [5.41, 5.74) is 5.00. The summed E-state index contributed by atoms with van der Waals surface area (Å²) in [7, 11) is 0. The molecule has 5 nitrogen and oxygen atoms in total. The van der Waals surface area contributed by atoms with E-state index < -0.39 is 5.41 Å². The van der Waals surface area contributed by atoms with Gasteiger partial charge >= 0.3 is 0 Å². The van der Waals surface area contributed by atoms with Crippen LogP contribution in [0.2, 0.25) is 0 Å². The number of hydrogen-bond donors (Lipinski definition) is 2. The number of carbonyl (C=O) groups is 1. The molecule has 0 atom stereocenters. The van der Waals surface area contributed by atoms with E-state index in [4.69, 9.17) is 27.4 Å². The number of benzene rings is 1.